The van der Waals surface area contributed by atoms with E-state index in [0.29, 0.717) is 11.3 Å². The summed E-state index contributed by atoms with van der Waals surface area (Å²) in [7, 11) is 0. The predicted octanol–water partition coefficient (Wildman–Crippen LogP) is 4.39. The van der Waals surface area contributed by atoms with Crippen LogP contribution in [0.4, 0.5) is 5.69 Å². The molecular formula is C24H27N5O2S. The molecule has 1 aliphatic carbocycles. The van der Waals surface area contributed by atoms with Crippen LogP contribution in [0.3, 0.4) is 0 Å². The Morgan fingerprint density at radius 2 is 1.97 bits per heavy atom. The average Bonchev–Trinajstić information content (AvgIpc) is 3.35. The Bertz CT molecular complexity index is 1070. The summed E-state index contributed by atoms with van der Waals surface area (Å²) < 4.78 is 3.86. The molecule has 3 aromatic rings. The zero-order valence-corrected chi connectivity index (χ0v) is 19.1. The van der Waals surface area contributed by atoms with E-state index in [1.165, 1.54) is 6.42 Å². The molecule has 0 spiro atoms. The summed E-state index contributed by atoms with van der Waals surface area (Å²) in [4.78, 5) is 33.2. The van der Waals surface area contributed by atoms with Crippen LogP contribution in [0.25, 0.3) is 0 Å². The van der Waals surface area contributed by atoms with E-state index in [9.17, 15) is 9.59 Å². The first kappa shape index (κ1) is 22.1. The third-order valence-corrected chi connectivity index (χ3v) is 6.38. The van der Waals surface area contributed by atoms with Crippen LogP contribution >= 0.6 is 11.5 Å². The molecule has 1 fully saturated rings. The van der Waals surface area contributed by atoms with E-state index in [4.69, 9.17) is 0 Å². The van der Waals surface area contributed by atoms with Gasteiger partial charge in [0.05, 0.1) is 0 Å². The van der Waals surface area contributed by atoms with Crippen LogP contribution in [0.2, 0.25) is 0 Å². The minimum atomic E-state index is -0.875. The SMILES string of the molecule is Cc1ccc(C)c(N(C(=O)c2csnn2)[C@H](C(=O)NC2CCCCC2)c2cccnc2)c1. The fraction of sp³-hybridized carbons (Fsp3) is 0.375. The highest BCUT2D eigenvalue weighted by Crippen LogP contribution is 2.33. The van der Waals surface area contributed by atoms with Crippen molar-refractivity contribution >= 4 is 29.0 Å². The number of carbonyl (C=O) groups excluding carboxylic acids is 2. The van der Waals surface area contributed by atoms with Crippen molar-refractivity contribution in [2.75, 3.05) is 4.90 Å². The Balaban J connectivity index is 1.81. The van der Waals surface area contributed by atoms with Gasteiger partial charge in [0.2, 0.25) is 5.91 Å². The molecular weight excluding hydrogens is 422 g/mol. The molecule has 0 radical (unpaired) electrons. The number of carbonyl (C=O) groups is 2. The van der Waals surface area contributed by atoms with Crippen molar-refractivity contribution in [1.82, 2.24) is 19.9 Å². The first-order valence-electron chi connectivity index (χ1n) is 10.9. The number of anilines is 1. The number of amides is 2. The Morgan fingerprint density at radius 3 is 2.66 bits per heavy atom. The quantitative estimate of drug-likeness (QED) is 0.603. The molecule has 1 atom stereocenters. The lowest BCUT2D eigenvalue weighted by molar-refractivity contribution is -0.123. The van der Waals surface area contributed by atoms with Gasteiger partial charge in [-0.05, 0) is 61.5 Å². The summed E-state index contributed by atoms with van der Waals surface area (Å²) in [5.41, 5.74) is 3.44. The molecule has 1 N–H and O–H groups in total. The van der Waals surface area contributed by atoms with Gasteiger partial charge in [-0.25, -0.2) is 0 Å². The molecule has 7 nitrogen and oxygen atoms in total. The third kappa shape index (κ3) is 4.85. The van der Waals surface area contributed by atoms with Gasteiger partial charge in [0.25, 0.3) is 5.91 Å². The van der Waals surface area contributed by atoms with Crippen LogP contribution < -0.4 is 10.2 Å². The standard InChI is InChI=1S/C24H27N5O2S/c1-16-10-11-17(2)21(13-16)29(24(31)20-15-32-28-27-20)22(18-7-6-12-25-14-18)23(30)26-19-8-4-3-5-9-19/h6-7,10-15,19,22H,3-5,8-9H2,1-2H3,(H,26,30)/t22-/m0/s1. The molecule has 1 aliphatic rings. The summed E-state index contributed by atoms with van der Waals surface area (Å²) in [6.45, 7) is 3.91. The second-order valence-corrected chi connectivity index (χ2v) is 8.90. The number of nitrogens with zero attached hydrogens (tertiary/aromatic N) is 4. The van der Waals surface area contributed by atoms with Gasteiger partial charge in [-0.2, -0.15) is 0 Å². The molecule has 1 saturated carbocycles. The lowest BCUT2D eigenvalue weighted by Crippen LogP contribution is -2.47. The van der Waals surface area contributed by atoms with Gasteiger partial charge in [0.15, 0.2) is 5.69 Å². The van der Waals surface area contributed by atoms with Crippen molar-refractivity contribution in [2.45, 2.75) is 58.0 Å². The summed E-state index contributed by atoms with van der Waals surface area (Å²) in [6.07, 6.45) is 8.63. The molecule has 8 heteroatoms. The zero-order chi connectivity index (χ0) is 22.5. The number of aryl methyl sites for hydroxylation is 2. The van der Waals surface area contributed by atoms with Crippen molar-refractivity contribution in [2.24, 2.45) is 0 Å². The van der Waals surface area contributed by atoms with Crippen LogP contribution in [-0.2, 0) is 4.79 Å². The van der Waals surface area contributed by atoms with E-state index in [1.54, 1.807) is 28.7 Å². The van der Waals surface area contributed by atoms with Crippen LogP contribution in [0.15, 0.2) is 48.1 Å². The second kappa shape index (κ2) is 9.99. The van der Waals surface area contributed by atoms with E-state index < -0.39 is 6.04 Å². The van der Waals surface area contributed by atoms with Crippen molar-refractivity contribution < 1.29 is 9.59 Å². The average molecular weight is 450 g/mol. The van der Waals surface area contributed by atoms with Crippen LogP contribution in [0.1, 0.15) is 65.3 Å². The molecule has 32 heavy (non-hydrogen) atoms. The van der Waals surface area contributed by atoms with E-state index in [1.807, 2.05) is 38.1 Å². The normalized spacial score (nSPS) is 15.2. The lowest BCUT2D eigenvalue weighted by atomic mass is 9.94. The summed E-state index contributed by atoms with van der Waals surface area (Å²) in [6, 6.07) is 8.75. The monoisotopic (exact) mass is 449 g/mol. The molecule has 1 aromatic carbocycles. The van der Waals surface area contributed by atoms with E-state index in [-0.39, 0.29) is 23.6 Å². The number of nitrogens with one attached hydrogen (secondary N) is 1. The first-order valence-corrected chi connectivity index (χ1v) is 11.8. The van der Waals surface area contributed by atoms with Gasteiger partial charge in [-0.15, -0.1) is 5.10 Å². The van der Waals surface area contributed by atoms with Crippen molar-refractivity contribution in [3.63, 3.8) is 0 Å². The summed E-state index contributed by atoms with van der Waals surface area (Å²) >= 11 is 1.11. The van der Waals surface area contributed by atoms with Gasteiger partial charge in [-0.1, -0.05) is 41.9 Å². The number of rotatable bonds is 6. The fourth-order valence-electron chi connectivity index (χ4n) is 4.21. The third-order valence-electron chi connectivity index (χ3n) is 5.88. The van der Waals surface area contributed by atoms with Gasteiger partial charge in [0, 0.05) is 35.1 Å². The van der Waals surface area contributed by atoms with E-state index in [2.05, 4.69) is 19.9 Å². The molecule has 2 amide bonds. The molecule has 0 aliphatic heterocycles. The van der Waals surface area contributed by atoms with E-state index >= 15 is 0 Å². The number of hydrogen-bond acceptors (Lipinski definition) is 6. The Hall–Kier alpha value is -3.13. The Kier molecular flexibility index (Phi) is 6.90. The van der Waals surface area contributed by atoms with E-state index in [0.717, 1.165) is 48.3 Å². The smallest absolute Gasteiger partial charge is 0.280 e. The minimum absolute atomic E-state index is 0.118. The summed E-state index contributed by atoms with van der Waals surface area (Å²) in [5, 5.41) is 8.81. The van der Waals surface area contributed by atoms with Crippen molar-refractivity contribution in [1.29, 1.82) is 0 Å². The maximum Gasteiger partial charge on any atom is 0.280 e. The highest BCUT2D eigenvalue weighted by Gasteiger charge is 2.36. The lowest BCUT2D eigenvalue weighted by Gasteiger charge is -2.33. The number of benzene rings is 1. The topological polar surface area (TPSA) is 88.1 Å². The van der Waals surface area contributed by atoms with Crippen molar-refractivity contribution in [3.8, 4) is 0 Å². The molecule has 166 valence electrons. The van der Waals surface area contributed by atoms with Gasteiger partial charge in [-0.3, -0.25) is 19.5 Å². The van der Waals surface area contributed by atoms with Crippen LogP contribution in [0.5, 0.6) is 0 Å². The molecule has 2 heterocycles. The van der Waals surface area contributed by atoms with Gasteiger partial charge >= 0.3 is 0 Å². The predicted molar refractivity (Wildman–Crippen MR) is 125 cm³/mol. The molecule has 2 aromatic heterocycles. The Morgan fingerprint density at radius 1 is 1.16 bits per heavy atom. The summed E-state index contributed by atoms with van der Waals surface area (Å²) in [5.74, 6) is -0.567. The van der Waals surface area contributed by atoms with Gasteiger partial charge < -0.3 is 5.32 Å². The number of pyridine rings is 1. The first-order chi connectivity index (χ1) is 15.5. The zero-order valence-electron chi connectivity index (χ0n) is 18.3. The second-order valence-electron chi connectivity index (χ2n) is 8.29. The number of hydrogen-bond donors (Lipinski definition) is 1. The van der Waals surface area contributed by atoms with Gasteiger partial charge in [0.1, 0.15) is 6.04 Å². The van der Waals surface area contributed by atoms with Crippen molar-refractivity contribution in [3.05, 3.63) is 70.5 Å². The maximum atomic E-state index is 13.7. The fourth-order valence-corrected chi connectivity index (χ4v) is 4.64. The largest absolute Gasteiger partial charge is 0.351 e. The number of aromatic nitrogens is 3. The molecule has 0 bridgehead atoms. The minimum Gasteiger partial charge on any atom is -0.351 e. The van der Waals surface area contributed by atoms with Crippen LogP contribution in [-0.4, -0.2) is 32.4 Å². The van der Waals surface area contributed by atoms with Crippen LogP contribution in [0, 0.1) is 13.8 Å². The molecule has 4 rings (SSSR count). The molecule has 0 saturated heterocycles. The molecule has 0 unspecified atom stereocenters. The highest BCUT2D eigenvalue weighted by molar-refractivity contribution is 7.03. The highest BCUT2D eigenvalue weighted by atomic mass is 32.1. The Labute approximate surface area is 192 Å². The maximum absolute atomic E-state index is 13.7.